The molecule has 1 heterocycles. The summed E-state index contributed by atoms with van der Waals surface area (Å²) < 4.78 is 19.2. The largest absolute Gasteiger partial charge is 0.467 e. The third-order valence-electron chi connectivity index (χ3n) is 2.76. The summed E-state index contributed by atoms with van der Waals surface area (Å²) in [4.78, 5) is 4.42. The van der Waals surface area contributed by atoms with Crippen molar-refractivity contribution >= 4 is 21.9 Å². The third kappa shape index (κ3) is 4.90. The number of hydrogen-bond acceptors (Lipinski definition) is 2. The van der Waals surface area contributed by atoms with Crippen LogP contribution in [0.1, 0.15) is 18.2 Å². The van der Waals surface area contributed by atoms with Gasteiger partial charge < -0.3 is 15.1 Å². The van der Waals surface area contributed by atoms with Crippen molar-refractivity contribution in [1.29, 1.82) is 0 Å². The maximum Gasteiger partial charge on any atom is 0.191 e. The van der Waals surface area contributed by atoms with Gasteiger partial charge in [0.2, 0.25) is 0 Å². The molecule has 0 aliphatic rings. The zero-order valence-corrected chi connectivity index (χ0v) is 13.3. The van der Waals surface area contributed by atoms with Gasteiger partial charge in [-0.15, -0.1) is 0 Å². The van der Waals surface area contributed by atoms with Crippen molar-refractivity contribution in [2.24, 2.45) is 4.99 Å². The van der Waals surface area contributed by atoms with E-state index in [1.165, 1.54) is 6.07 Å². The maximum absolute atomic E-state index is 13.4. The zero-order valence-electron chi connectivity index (χ0n) is 11.7. The number of guanidine groups is 1. The monoisotopic (exact) mass is 353 g/mol. The average molecular weight is 354 g/mol. The minimum atomic E-state index is -0.281. The number of furan rings is 1. The van der Waals surface area contributed by atoms with Crippen LogP contribution in [-0.2, 0) is 13.1 Å². The summed E-state index contributed by atoms with van der Waals surface area (Å²) in [5.74, 6) is 1.21. The molecular weight excluding hydrogens is 337 g/mol. The Hall–Kier alpha value is -1.82. The summed E-state index contributed by atoms with van der Waals surface area (Å²) in [6.07, 6.45) is 1.63. The summed E-state index contributed by atoms with van der Waals surface area (Å²) in [6, 6.07) is 8.73. The molecule has 1 aromatic heterocycles. The van der Waals surface area contributed by atoms with Gasteiger partial charge in [0.1, 0.15) is 11.6 Å². The highest BCUT2D eigenvalue weighted by atomic mass is 79.9. The lowest BCUT2D eigenvalue weighted by Crippen LogP contribution is -2.36. The van der Waals surface area contributed by atoms with Gasteiger partial charge in [0, 0.05) is 6.54 Å². The van der Waals surface area contributed by atoms with E-state index >= 15 is 0 Å². The molecule has 0 atom stereocenters. The van der Waals surface area contributed by atoms with Crippen molar-refractivity contribution in [2.45, 2.75) is 20.0 Å². The number of hydrogen-bond donors (Lipinski definition) is 2. The molecule has 0 spiro atoms. The normalized spacial score (nSPS) is 11.5. The lowest BCUT2D eigenvalue weighted by Gasteiger charge is -2.10. The van der Waals surface area contributed by atoms with Crippen LogP contribution in [0.4, 0.5) is 4.39 Å². The lowest BCUT2D eigenvalue weighted by atomic mass is 10.2. The van der Waals surface area contributed by atoms with Crippen LogP contribution in [-0.4, -0.2) is 12.5 Å². The maximum atomic E-state index is 13.4. The molecular formula is C15H17BrFN3O. The van der Waals surface area contributed by atoms with Crippen LogP contribution < -0.4 is 10.6 Å². The molecule has 0 aliphatic carbocycles. The quantitative estimate of drug-likeness (QED) is 0.639. The smallest absolute Gasteiger partial charge is 0.191 e. The molecule has 21 heavy (non-hydrogen) atoms. The minimum Gasteiger partial charge on any atom is -0.467 e. The number of rotatable bonds is 5. The molecule has 2 aromatic rings. The number of benzene rings is 1. The van der Waals surface area contributed by atoms with Gasteiger partial charge in [0.25, 0.3) is 0 Å². The van der Waals surface area contributed by atoms with Crippen LogP contribution in [0.15, 0.2) is 50.5 Å². The standard InChI is InChI=1S/C15H17BrFN3O/c1-2-18-15(20-10-12-4-3-7-21-12)19-9-11-5-6-13(16)14(17)8-11/h3-8H,2,9-10H2,1H3,(H2,18,19,20). The highest BCUT2D eigenvalue weighted by Gasteiger charge is 2.02. The first kappa shape index (κ1) is 15.6. The molecule has 4 nitrogen and oxygen atoms in total. The van der Waals surface area contributed by atoms with E-state index in [0.29, 0.717) is 23.5 Å². The fourth-order valence-electron chi connectivity index (χ4n) is 1.73. The SMILES string of the molecule is CCNC(=NCc1ccc(Br)c(F)c1)NCc1ccco1. The van der Waals surface area contributed by atoms with E-state index in [-0.39, 0.29) is 5.82 Å². The van der Waals surface area contributed by atoms with E-state index < -0.39 is 0 Å². The Kier molecular flexibility index (Phi) is 5.80. The van der Waals surface area contributed by atoms with E-state index in [1.54, 1.807) is 12.3 Å². The van der Waals surface area contributed by atoms with Crippen molar-refractivity contribution in [3.8, 4) is 0 Å². The summed E-state index contributed by atoms with van der Waals surface area (Å²) in [5.41, 5.74) is 0.811. The summed E-state index contributed by atoms with van der Waals surface area (Å²) in [5, 5.41) is 6.30. The first-order valence-electron chi connectivity index (χ1n) is 6.67. The Bertz CT molecular complexity index is 599. The molecule has 1 aromatic carbocycles. The molecule has 0 bridgehead atoms. The van der Waals surface area contributed by atoms with Gasteiger partial charge in [-0.2, -0.15) is 0 Å². The first-order chi connectivity index (χ1) is 10.2. The van der Waals surface area contributed by atoms with Crippen LogP contribution >= 0.6 is 15.9 Å². The fraction of sp³-hybridized carbons (Fsp3) is 0.267. The molecule has 0 amide bonds. The Labute approximate surface area is 131 Å². The topological polar surface area (TPSA) is 49.6 Å². The summed E-state index contributed by atoms with van der Waals surface area (Å²) >= 11 is 3.14. The highest BCUT2D eigenvalue weighted by molar-refractivity contribution is 9.10. The van der Waals surface area contributed by atoms with Crippen molar-refractivity contribution in [3.05, 3.63) is 58.2 Å². The predicted molar refractivity (Wildman–Crippen MR) is 84.5 cm³/mol. The molecule has 2 N–H and O–H groups in total. The van der Waals surface area contributed by atoms with Gasteiger partial charge in [-0.1, -0.05) is 6.07 Å². The number of nitrogens with one attached hydrogen (secondary N) is 2. The fourth-order valence-corrected chi connectivity index (χ4v) is 1.98. The van der Waals surface area contributed by atoms with Gasteiger partial charge in [0.05, 0.1) is 23.8 Å². The van der Waals surface area contributed by atoms with E-state index in [0.717, 1.165) is 17.9 Å². The number of halogens is 2. The van der Waals surface area contributed by atoms with Gasteiger partial charge in [0.15, 0.2) is 5.96 Å². The van der Waals surface area contributed by atoms with Crippen LogP contribution in [0, 0.1) is 5.82 Å². The summed E-state index contributed by atoms with van der Waals surface area (Å²) in [7, 11) is 0. The van der Waals surface area contributed by atoms with Gasteiger partial charge >= 0.3 is 0 Å². The molecule has 0 radical (unpaired) electrons. The van der Waals surface area contributed by atoms with Crippen LogP contribution in [0.2, 0.25) is 0 Å². The lowest BCUT2D eigenvalue weighted by molar-refractivity contribution is 0.501. The van der Waals surface area contributed by atoms with Gasteiger partial charge in [-0.25, -0.2) is 9.38 Å². The molecule has 2 rings (SSSR count). The van der Waals surface area contributed by atoms with E-state index in [2.05, 4.69) is 31.6 Å². The van der Waals surface area contributed by atoms with Crippen molar-refractivity contribution in [3.63, 3.8) is 0 Å². The molecule has 0 saturated heterocycles. The van der Waals surface area contributed by atoms with E-state index in [4.69, 9.17) is 4.42 Å². The molecule has 0 fully saturated rings. The van der Waals surface area contributed by atoms with Crippen LogP contribution in [0.3, 0.4) is 0 Å². The van der Waals surface area contributed by atoms with Crippen molar-refractivity contribution in [2.75, 3.05) is 6.54 Å². The van der Waals surface area contributed by atoms with Crippen LogP contribution in [0.25, 0.3) is 0 Å². The Morgan fingerprint density at radius 2 is 2.19 bits per heavy atom. The average Bonchev–Trinajstić information content (AvgIpc) is 2.99. The second kappa shape index (κ2) is 7.83. The number of aliphatic imine (C=N–C) groups is 1. The molecule has 0 aliphatic heterocycles. The minimum absolute atomic E-state index is 0.281. The Morgan fingerprint density at radius 3 is 2.86 bits per heavy atom. The molecule has 6 heteroatoms. The Balaban J connectivity index is 1.97. The Morgan fingerprint density at radius 1 is 1.33 bits per heavy atom. The van der Waals surface area contributed by atoms with Crippen molar-refractivity contribution in [1.82, 2.24) is 10.6 Å². The second-order valence-electron chi connectivity index (χ2n) is 4.38. The summed E-state index contributed by atoms with van der Waals surface area (Å²) in [6.45, 7) is 3.69. The van der Waals surface area contributed by atoms with Crippen LogP contribution in [0.5, 0.6) is 0 Å². The highest BCUT2D eigenvalue weighted by Crippen LogP contribution is 2.16. The second-order valence-corrected chi connectivity index (χ2v) is 5.23. The molecule has 0 unspecified atom stereocenters. The van der Waals surface area contributed by atoms with E-state index in [9.17, 15) is 4.39 Å². The predicted octanol–water partition coefficient (Wildman–Crippen LogP) is 3.44. The van der Waals surface area contributed by atoms with E-state index in [1.807, 2.05) is 25.1 Å². The molecule has 0 saturated carbocycles. The zero-order chi connectivity index (χ0) is 15.1. The molecule has 112 valence electrons. The first-order valence-corrected chi connectivity index (χ1v) is 7.47. The van der Waals surface area contributed by atoms with Gasteiger partial charge in [-0.05, 0) is 52.7 Å². The number of nitrogens with zero attached hydrogens (tertiary/aromatic N) is 1. The third-order valence-corrected chi connectivity index (χ3v) is 3.40. The van der Waals surface area contributed by atoms with Crippen molar-refractivity contribution < 1.29 is 8.81 Å². The van der Waals surface area contributed by atoms with Gasteiger partial charge in [-0.3, -0.25) is 0 Å².